The van der Waals surface area contributed by atoms with Gasteiger partial charge < -0.3 is 15.5 Å². The summed E-state index contributed by atoms with van der Waals surface area (Å²) in [6.07, 6.45) is 2.91. The fourth-order valence-corrected chi connectivity index (χ4v) is 2.05. The van der Waals surface area contributed by atoms with Gasteiger partial charge in [0, 0.05) is 5.69 Å². The monoisotopic (exact) mass is 281 g/mol. The average Bonchev–Trinajstić information content (AvgIpc) is 2.86. The van der Waals surface area contributed by atoms with E-state index < -0.39 is 11.1 Å². The number of aromatic nitrogens is 1. The molecule has 0 aliphatic rings. The second-order valence-electron chi connectivity index (χ2n) is 3.79. The lowest BCUT2D eigenvalue weighted by molar-refractivity contribution is -0.115. The summed E-state index contributed by atoms with van der Waals surface area (Å²) in [7, 11) is 0. The molecule has 0 saturated carbocycles. The number of nitrogen functional groups attached to an aromatic ring is 1. The fraction of sp³-hybridized carbons (Fsp3) is 0.167. The summed E-state index contributed by atoms with van der Waals surface area (Å²) in [5.74, 6) is -0.886. The number of rotatable bonds is 4. The van der Waals surface area contributed by atoms with Crippen LogP contribution in [0.1, 0.15) is 6.92 Å². The molecule has 0 aliphatic carbocycles. The van der Waals surface area contributed by atoms with E-state index in [2.05, 4.69) is 10.3 Å². The minimum absolute atomic E-state index is 0.0601. The number of hydrogen-bond acceptors (Lipinski definition) is 5. The Balaban J connectivity index is 2.02. The molecule has 100 valence electrons. The molecule has 19 heavy (non-hydrogen) atoms. The second-order valence-corrected chi connectivity index (χ2v) is 5.08. The highest BCUT2D eigenvalue weighted by molar-refractivity contribution is 8.00. The van der Waals surface area contributed by atoms with Crippen molar-refractivity contribution in [3.8, 4) is 0 Å². The number of carbonyl (C=O) groups is 1. The smallest absolute Gasteiger partial charge is 0.256 e. The summed E-state index contributed by atoms with van der Waals surface area (Å²) in [6.45, 7) is 1.68. The number of halogens is 1. The minimum Gasteiger partial charge on any atom is -0.440 e. The van der Waals surface area contributed by atoms with E-state index in [0.717, 1.165) is 11.8 Å². The highest BCUT2D eigenvalue weighted by atomic mass is 32.2. The zero-order chi connectivity index (χ0) is 13.8. The first kappa shape index (κ1) is 13.4. The molecule has 2 aromatic rings. The van der Waals surface area contributed by atoms with Gasteiger partial charge in [-0.2, -0.15) is 0 Å². The van der Waals surface area contributed by atoms with Gasteiger partial charge in [0.1, 0.15) is 12.1 Å². The van der Waals surface area contributed by atoms with Gasteiger partial charge in [-0.25, -0.2) is 9.37 Å². The first-order valence-corrected chi connectivity index (χ1v) is 6.36. The standard InChI is InChI=1S/C12H12FN3O2S/c1-7(19-12-15-4-5-18-12)11(17)16-10-6-8(14)2-3-9(10)13/h2-7H,14H2,1H3,(H,16,17). The molecule has 0 aliphatic heterocycles. The van der Waals surface area contributed by atoms with E-state index >= 15 is 0 Å². The number of nitrogens with one attached hydrogen (secondary N) is 1. The van der Waals surface area contributed by atoms with Crippen LogP contribution in [-0.2, 0) is 4.79 Å². The number of nitrogens with two attached hydrogens (primary N) is 1. The number of anilines is 2. The molecule has 5 nitrogen and oxygen atoms in total. The molecule has 1 aromatic carbocycles. The van der Waals surface area contributed by atoms with Crippen molar-refractivity contribution >= 4 is 29.0 Å². The van der Waals surface area contributed by atoms with Crippen LogP contribution in [0.4, 0.5) is 15.8 Å². The van der Waals surface area contributed by atoms with Gasteiger partial charge >= 0.3 is 0 Å². The first-order valence-electron chi connectivity index (χ1n) is 5.48. The molecule has 0 radical (unpaired) electrons. The highest BCUT2D eigenvalue weighted by Crippen LogP contribution is 2.23. The predicted molar refractivity (Wildman–Crippen MR) is 71.3 cm³/mol. The van der Waals surface area contributed by atoms with Crippen LogP contribution >= 0.6 is 11.8 Å². The Bertz CT molecular complexity index is 574. The fourth-order valence-electron chi connectivity index (χ4n) is 1.35. The van der Waals surface area contributed by atoms with Crippen LogP contribution in [-0.4, -0.2) is 16.1 Å². The number of oxazole rings is 1. The Hall–Kier alpha value is -2.02. The molecular weight excluding hydrogens is 269 g/mol. The van der Waals surface area contributed by atoms with Gasteiger partial charge in [0.05, 0.1) is 17.1 Å². The molecule has 1 amide bonds. The maximum absolute atomic E-state index is 13.5. The number of amides is 1. The highest BCUT2D eigenvalue weighted by Gasteiger charge is 2.18. The summed E-state index contributed by atoms with van der Waals surface area (Å²) >= 11 is 1.14. The zero-order valence-electron chi connectivity index (χ0n) is 10.1. The van der Waals surface area contributed by atoms with E-state index in [1.165, 1.54) is 30.7 Å². The van der Waals surface area contributed by atoms with Gasteiger partial charge in [-0.3, -0.25) is 4.79 Å². The third-order valence-electron chi connectivity index (χ3n) is 2.30. The van der Waals surface area contributed by atoms with Crippen molar-refractivity contribution in [2.24, 2.45) is 0 Å². The molecule has 0 saturated heterocycles. The van der Waals surface area contributed by atoms with Crippen LogP contribution in [0.3, 0.4) is 0 Å². The lowest BCUT2D eigenvalue weighted by Crippen LogP contribution is -2.23. The average molecular weight is 281 g/mol. The van der Waals surface area contributed by atoms with Crippen LogP contribution in [0.15, 0.2) is 40.3 Å². The number of benzene rings is 1. The van der Waals surface area contributed by atoms with Gasteiger partial charge in [-0.15, -0.1) is 0 Å². The Kier molecular flexibility index (Phi) is 4.06. The van der Waals surface area contributed by atoms with Crippen LogP contribution in [0.25, 0.3) is 0 Å². The quantitative estimate of drug-likeness (QED) is 0.664. The van der Waals surface area contributed by atoms with E-state index in [1.54, 1.807) is 6.92 Å². The van der Waals surface area contributed by atoms with Gasteiger partial charge in [0.2, 0.25) is 5.91 Å². The Morgan fingerprint density at radius 1 is 1.58 bits per heavy atom. The zero-order valence-corrected chi connectivity index (χ0v) is 10.9. The predicted octanol–water partition coefficient (Wildman–Crippen LogP) is 2.52. The number of hydrogen-bond donors (Lipinski definition) is 2. The van der Waals surface area contributed by atoms with Gasteiger partial charge in [0.15, 0.2) is 0 Å². The van der Waals surface area contributed by atoms with Gasteiger partial charge in [-0.05, 0) is 25.1 Å². The molecule has 3 N–H and O–H groups in total. The number of thioether (sulfide) groups is 1. The van der Waals surface area contributed by atoms with Crippen molar-refractivity contribution in [2.75, 3.05) is 11.1 Å². The summed E-state index contributed by atoms with van der Waals surface area (Å²) in [5, 5.41) is 2.39. The largest absolute Gasteiger partial charge is 0.440 e. The van der Waals surface area contributed by atoms with E-state index in [1.807, 2.05) is 0 Å². The lowest BCUT2D eigenvalue weighted by atomic mass is 10.2. The van der Waals surface area contributed by atoms with Crippen molar-refractivity contribution < 1.29 is 13.6 Å². The molecule has 0 fully saturated rings. The van der Waals surface area contributed by atoms with E-state index in [9.17, 15) is 9.18 Å². The molecule has 1 aromatic heterocycles. The van der Waals surface area contributed by atoms with Crippen molar-refractivity contribution in [1.29, 1.82) is 0 Å². The van der Waals surface area contributed by atoms with E-state index in [-0.39, 0.29) is 11.6 Å². The molecule has 1 heterocycles. The molecular formula is C12H12FN3O2S. The van der Waals surface area contributed by atoms with Crippen LogP contribution in [0.2, 0.25) is 0 Å². The van der Waals surface area contributed by atoms with E-state index in [4.69, 9.17) is 10.2 Å². The maximum Gasteiger partial charge on any atom is 0.256 e. The Labute approximate surface area is 113 Å². The summed E-state index contributed by atoms with van der Waals surface area (Å²) in [6, 6.07) is 4.00. The van der Waals surface area contributed by atoms with Crippen LogP contribution in [0.5, 0.6) is 0 Å². The lowest BCUT2D eigenvalue weighted by Gasteiger charge is -2.11. The Morgan fingerprint density at radius 2 is 2.37 bits per heavy atom. The van der Waals surface area contributed by atoms with Gasteiger partial charge in [0.25, 0.3) is 5.22 Å². The number of nitrogens with zero attached hydrogens (tertiary/aromatic N) is 1. The summed E-state index contributed by atoms with van der Waals surface area (Å²) in [5.41, 5.74) is 5.98. The van der Waals surface area contributed by atoms with E-state index in [0.29, 0.717) is 10.9 Å². The van der Waals surface area contributed by atoms with Crippen molar-refractivity contribution in [2.45, 2.75) is 17.4 Å². The summed E-state index contributed by atoms with van der Waals surface area (Å²) < 4.78 is 18.5. The van der Waals surface area contributed by atoms with Crippen LogP contribution < -0.4 is 11.1 Å². The molecule has 2 rings (SSSR count). The number of carbonyl (C=O) groups excluding carboxylic acids is 1. The van der Waals surface area contributed by atoms with Crippen LogP contribution in [0, 0.1) is 5.82 Å². The first-order chi connectivity index (χ1) is 9.06. The minimum atomic E-state index is -0.532. The Morgan fingerprint density at radius 3 is 3.05 bits per heavy atom. The van der Waals surface area contributed by atoms with Crippen molar-refractivity contribution in [3.63, 3.8) is 0 Å². The van der Waals surface area contributed by atoms with Crippen molar-refractivity contribution in [1.82, 2.24) is 4.98 Å². The third kappa shape index (κ3) is 3.47. The molecule has 0 bridgehead atoms. The maximum atomic E-state index is 13.5. The molecule has 7 heteroatoms. The van der Waals surface area contributed by atoms with Crippen molar-refractivity contribution in [3.05, 3.63) is 36.5 Å². The van der Waals surface area contributed by atoms with Gasteiger partial charge in [-0.1, -0.05) is 11.8 Å². The topological polar surface area (TPSA) is 81.2 Å². The molecule has 1 atom stereocenters. The third-order valence-corrected chi connectivity index (χ3v) is 3.28. The second kappa shape index (κ2) is 5.75. The SMILES string of the molecule is CC(Sc1ncco1)C(=O)Nc1cc(N)ccc1F. The molecule has 1 unspecified atom stereocenters. The molecule has 0 spiro atoms. The normalized spacial score (nSPS) is 12.1. The summed E-state index contributed by atoms with van der Waals surface area (Å²) in [4.78, 5) is 15.8.